The maximum atomic E-state index is 12.4. The molecular formula is C17H19NO2S. The summed E-state index contributed by atoms with van der Waals surface area (Å²) in [6.45, 7) is 4.03. The Morgan fingerprint density at radius 2 is 2.19 bits per heavy atom. The largest absolute Gasteiger partial charge is 0.370 e. The van der Waals surface area contributed by atoms with Gasteiger partial charge in [-0.25, -0.2) is 0 Å². The van der Waals surface area contributed by atoms with E-state index in [2.05, 4.69) is 19.1 Å². The highest BCUT2D eigenvalue weighted by Gasteiger charge is 2.26. The van der Waals surface area contributed by atoms with Gasteiger partial charge in [-0.2, -0.15) is 0 Å². The number of nitrogens with zero attached hydrogens (tertiary/aromatic N) is 1. The van der Waals surface area contributed by atoms with E-state index in [1.165, 1.54) is 11.1 Å². The van der Waals surface area contributed by atoms with E-state index >= 15 is 0 Å². The molecule has 4 heteroatoms. The second kappa shape index (κ2) is 6.41. The number of ether oxygens (including phenoxy) is 1. The molecular weight excluding hydrogens is 282 g/mol. The maximum Gasteiger partial charge on any atom is 0.228 e. The van der Waals surface area contributed by atoms with Gasteiger partial charge < -0.3 is 9.64 Å². The molecule has 1 aromatic heterocycles. The van der Waals surface area contributed by atoms with E-state index in [4.69, 9.17) is 4.74 Å². The van der Waals surface area contributed by atoms with E-state index in [0.717, 1.165) is 4.88 Å². The minimum Gasteiger partial charge on any atom is -0.370 e. The van der Waals surface area contributed by atoms with E-state index < -0.39 is 0 Å². The van der Waals surface area contributed by atoms with Gasteiger partial charge in [0.15, 0.2) is 0 Å². The third-order valence-electron chi connectivity index (χ3n) is 3.86. The smallest absolute Gasteiger partial charge is 0.228 e. The van der Waals surface area contributed by atoms with Gasteiger partial charge in [-0.15, -0.1) is 11.3 Å². The number of hydrogen-bond donors (Lipinski definition) is 0. The number of rotatable bonds is 3. The summed E-state index contributed by atoms with van der Waals surface area (Å²) in [4.78, 5) is 15.5. The average molecular weight is 301 g/mol. The van der Waals surface area contributed by atoms with Crippen molar-refractivity contribution in [1.82, 2.24) is 4.90 Å². The van der Waals surface area contributed by atoms with Gasteiger partial charge in [0.1, 0.15) is 6.10 Å². The molecule has 110 valence electrons. The van der Waals surface area contributed by atoms with Crippen LogP contribution >= 0.6 is 11.3 Å². The van der Waals surface area contributed by atoms with Crippen LogP contribution < -0.4 is 0 Å². The van der Waals surface area contributed by atoms with Crippen LogP contribution in [0.25, 0.3) is 0 Å². The fourth-order valence-electron chi connectivity index (χ4n) is 2.69. The number of thiophene rings is 1. The zero-order chi connectivity index (χ0) is 14.7. The molecule has 3 nitrogen and oxygen atoms in total. The third-order valence-corrected chi connectivity index (χ3v) is 4.74. The van der Waals surface area contributed by atoms with Crippen molar-refractivity contribution in [1.29, 1.82) is 0 Å². The van der Waals surface area contributed by atoms with Gasteiger partial charge in [0.25, 0.3) is 0 Å². The third kappa shape index (κ3) is 3.34. The van der Waals surface area contributed by atoms with Crippen molar-refractivity contribution in [3.8, 4) is 0 Å². The zero-order valence-electron chi connectivity index (χ0n) is 12.1. The molecule has 1 aliphatic rings. The number of hydrogen-bond acceptors (Lipinski definition) is 3. The average Bonchev–Trinajstić information content (AvgIpc) is 3.01. The first-order valence-corrected chi connectivity index (χ1v) is 8.09. The molecule has 2 heterocycles. The van der Waals surface area contributed by atoms with Gasteiger partial charge in [-0.05, 0) is 29.5 Å². The van der Waals surface area contributed by atoms with Crippen LogP contribution in [-0.4, -0.2) is 30.5 Å². The fraction of sp³-hybridized carbons (Fsp3) is 0.353. The number of benzene rings is 1. The van der Waals surface area contributed by atoms with E-state index in [0.29, 0.717) is 26.1 Å². The topological polar surface area (TPSA) is 29.5 Å². The van der Waals surface area contributed by atoms with Crippen LogP contribution in [-0.2, 0) is 16.0 Å². The van der Waals surface area contributed by atoms with Crippen molar-refractivity contribution in [2.24, 2.45) is 0 Å². The Morgan fingerprint density at radius 1 is 1.33 bits per heavy atom. The first-order chi connectivity index (χ1) is 10.2. The second-order valence-corrected chi connectivity index (χ2v) is 6.34. The summed E-state index contributed by atoms with van der Waals surface area (Å²) in [5.41, 5.74) is 2.40. The summed E-state index contributed by atoms with van der Waals surface area (Å²) in [7, 11) is 0. The number of amides is 1. The Kier molecular flexibility index (Phi) is 4.36. The highest BCUT2D eigenvalue weighted by atomic mass is 32.1. The minimum absolute atomic E-state index is 0.00719. The minimum atomic E-state index is -0.00719. The molecule has 1 atom stereocenters. The molecule has 0 saturated carbocycles. The summed E-state index contributed by atoms with van der Waals surface area (Å²) in [6, 6.07) is 12.2. The second-order valence-electron chi connectivity index (χ2n) is 5.31. The number of carbonyl (C=O) groups is 1. The van der Waals surface area contributed by atoms with Crippen LogP contribution in [0.15, 0.2) is 41.8 Å². The summed E-state index contributed by atoms with van der Waals surface area (Å²) in [5.74, 6) is 0.194. The summed E-state index contributed by atoms with van der Waals surface area (Å²) < 4.78 is 5.87. The lowest BCUT2D eigenvalue weighted by Crippen LogP contribution is -2.43. The molecule has 0 spiro atoms. The first kappa shape index (κ1) is 14.3. The fourth-order valence-corrected chi connectivity index (χ4v) is 3.38. The lowest BCUT2D eigenvalue weighted by Gasteiger charge is -2.33. The van der Waals surface area contributed by atoms with Gasteiger partial charge in [0, 0.05) is 11.4 Å². The highest BCUT2D eigenvalue weighted by molar-refractivity contribution is 7.10. The quantitative estimate of drug-likeness (QED) is 0.871. The van der Waals surface area contributed by atoms with Crippen molar-refractivity contribution >= 4 is 17.2 Å². The summed E-state index contributed by atoms with van der Waals surface area (Å²) in [5, 5.41) is 2.01. The highest BCUT2D eigenvalue weighted by Crippen LogP contribution is 2.25. The molecule has 1 saturated heterocycles. The van der Waals surface area contributed by atoms with Crippen molar-refractivity contribution in [3.63, 3.8) is 0 Å². The Morgan fingerprint density at radius 3 is 2.95 bits per heavy atom. The Bertz CT molecular complexity index is 609. The lowest BCUT2D eigenvalue weighted by atomic mass is 10.0. The van der Waals surface area contributed by atoms with Crippen molar-refractivity contribution in [2.45, 2.75) is 19.4 Å². The Hall–Kier alpha value is -1.65. The maximum absolute atomic E-state index is 12.4. The van der Waals surface area contributed by atoms with Gasteiger partial charge in [-0.1, -0.05) is 30.3 Å². The Labute approximate surface area is 129 Å². The van der Waals surface area contributed by atoms with Crippen molar-refractivity contribution in [3.05, 3.63) is 57.8 Å². The Balaban J connectivity index is 1.68. The van der Waals surface area contributed by atoms with Crippen molar-refractivity contribution in [2.75, 3.05) is 19.7 Å². The molecule has 1 fully saturated rings. The SMILES string of the molecule is Cc1ccccc1C1CN(C(=O)Cc2cccs2)CCO1. The molecule has 0 aliphatic carbocycles. The number of morpholine rings is 1. The van der Waals surface area contributed by atoms with Crippen LogP contribution in [0.4, 0.5) is 0 Å². The van der Waals surface area contributed by atoms with Gasteiger partial charge in [0.05, 0.1) is 19.6 Å². The summed E-state index contributed by atoms with van der Waals surface area (Å²) in [6.07, 6.45) is 0.491. The van der Waals surface area contributed by atoms with Gasteiger partial charge in [0.2, 0.25) is 5.91 Å². The standard InChI is InChI=1S/C17H19NO2S/c1-13-5-2-3-7-15(13)16-12-18(8-9-20-16)17(19)11-14-6-4-10-21-14/h2-7,10,16H,8-9,11-12H2,1H3. The van der Waals surface area contributed by atoms with Crippen LogP contribution in [0.3, 0.4) is 0 Å². The molecule has 1 aliphatic heterocycles. The van der Waals surface area contributed by atoms with Gasteiger partial charge in [-0.3, -0.25) is 4.79 Å². The predicted octanol–water partition coefficient (Wildman–Crippen LogP) is 3.20. The summed E-state index contributed by atoms with van der Waals surface area (Å²) >= 11 is 1.64. The van der Waals surface area contributed by atoms with E-state index in [1.54, 1.807) is 11.3 Å². The van der Waals surface area contributed by atoms with Crippen LogP contribution in [0.2, 0.25) is 0 Å². The predicted molar refractivity (Wildman–Crippen MR) is 84.5 cm³/mol. The molecule has 1 aromatic carbocycles. The number of carbonyl (C=O) groups excluding carboxylic acids is 1. The molecule has 3 rings (SSSR count). The molecule has 1 amide bonds. The zero-order valence-corrected chi connectivity index (χ0v) is 12.9. The molecule has 1 unspecified atom stereocenters. The number of aryl methyl sites for hydroxylation is 1. The lowest BCUT2D eigenvalue weighted by molar-refractivity contribution is -0.138. The molecule has 0 bridgehead atoms. The van der Waals surface area contributed by atoms with E-state index in [9.17, 15) is 4.79 Å². The van der Waals surface area contributed by atoms with Crippen LogP contribution in [0, 0.1) is 6.92 Å². The molecule has 21 heavy (non-hydrogen) atoms. The first-order valence-electron chi connectivity index (χ1n) is 7.21. The normalized spacial score (nSPS) is 18.7. The van der Waals surface area contributed by atoms with Crippen LogP contribution in [0.5, 0.6) is 0 Å². The van der Waals surface area contributed by atoms with Crippen molar-refractivity contribution < 1.29 is 9.53 Å². The monoisotopic (exact) mass is 301 g/mol. The molecule has 0 radical (unpaired) electrons. The van der Waals surface area contributed by atoms with Crippen LogP contribution in [0.1, 0.15) is 22.1 Å². The van der Waals surface area contributed by atoms with E-state index in [-0.39, 0.29) is 12.0 Å². The molecule has 0 N–H and O–H groups in total. The molecule has 2 aromatic rings. The van der Waals surface area contributed by atoms with E-state index in [1.807, 2.05) is 34.5 Å². The van der Waals surface area contributed by atoms with Gasteiger partial charge >= 0.3 is 0 Å².